The summed E-state index contributed by atoms with van der Waals surface area (Å²) in [5, 5.41) is 5.51. The average Bonchev–Trinajstić information content (AvgIpc) is 3.57. The van der Waals surface area contributed by atoms with E-state index in [2.05, 4.69) is 158 Å². The maximum absolute atomic E-state index is 2.34. The van der Waals surface area contributed by atoms with Crippen LogP contribution >= 0.6 is 0 Å². The Bertz CT molecular complexity index is 1770. The minimum Gasteiger partial charge on any atom is -1.00 e. The van der Waals surface area contributed by atoms with Crippen molar-refractivity contribution in [2.45, 2.75) is 60.6 Å². The monoisotopic (exact) mass is 698 g/mol. The van der Waals surface area contributed by atoms with E-state index in [9.17, 15) is 0 Å². The van der Waals surface area contributed by atoms with Crippen LogP contribution in [-0.4, -0.2) is 5.43 Å². The summed E-state index contributed by atoms with van der Waals surface area (Å²) in [4.78, 5) is 0. The summed E-state index contributed by atoms with van der Waals surface area (Å²) in [6, 6.07) is 37.2. The Labute approximate surface area is 286 Å². The predicted octanol–water partition coefficient (Wildman–Crippen LogP) is 5.60. The van der Waals surface area contributed by atoms with Crippen LogP contribution in [0.5, 0.6) is 0 Å². The van der Waals surface area contributed by atoms with Gasteiger partial charge in [0.2, 0.25) is 0 Å². The van der Waals surface area contributed by atoms with Crippen molar-refractivity contribution in [2.75, 3.05) is 0 Å². The maximum Gasteiger partial charge on any atom is -0.0276 e. The molecular weight excluding hydrogens is 659 g/mol. The fourth-order valence-corrected chi connectivity index (χ4v) is 5.48. The van der Waals surface area contributed by atoms with Crippen LogP contribution in [-0.2, 0) is 23.3 Å². The first-order valence-electron chi connectivity index (χ1n) is 14.6. The van der Waals surface area contributed by atoms with Gasteiger partial charge in [-0.3, -0.25) is 0 Å². The molecule has 4 heteroatoms. The number of benzene rings is 4. The molecule has 6 aromatic carbocycles. The van der Waals surface area contributed by atoms with Gasteiger partial charge in [-0.05, 0) is 30.9 Å². The fourth-order valence-electron chi connectivity index (χ4n) is 5.48. The van der Waals surface area contributed by atoms with E-state index in [0.29, 0.717) is 5.92 Å². The first-order valence-corrected chi connectivity index (χ1v) is 20.8. The zero-order valence-corrected chi connectivity index (χ0v) is 31.6. The normalized spacial score (nSPS) is 10.3. The van der Waals surface area contributed by atoms with Crippen molar-refractivity contribution in [3.63, 3.8) is 0 Å². The van der Waals surface area contributed by atoms with Crippen molar-refractivity contribution >= 4 is 27.0 Å². The molecule has 0 aromatic heterocycles. The summed E-state index contributed by atoms with van der Waals surface area (Å²) in [5.41, 5.74) is 12.6. The van der Waals surface area contributed by atoms with Gasteiger partial charge < -0.3 is 24.8 Å². The molecule has 0 aliphatic heterocycles. The van der Waals surface area contributed by atoms with Gasteiger partial charge in [0.05, 0.1) is 0 Å². The Morgan fingerprint density at radius 2 is 1.19 bits per heavy atom. The van der Waals surface area contributed by atoms with E-state index in [1.165, 1.54) is 71.6 Å². The first kappa shape index (κ1) is 37.0. The van der Waals surface area contributed by atoms with Crippen molar-refractivity contribution < 1.29 is 48.1 Å². The molecule has 0 fully saturated rings. The van der Waals surface area contributed by atoms with Gasteiger partial charge in [-0.25, -0.2) is 0 Å². The summed E-state index contributed by atoms with van der Waals surface area (Å²) in [7, 11) is 0. The van der Waals surface area contributed by atoms with Crippen molar-refractivity contribution in [3.8, 4) is 22.3 Å². The van der Waals surface area contributed by atoms with Crippen molar-refractivity contribution in [2.24, 2.45) is 0 Å². The molecule has 222 valence electrons. The van der Waals surface area contributed by atoms with Gasteiger partial charge in [0.25, 0.3) is 0 Å². The molecule has 0 aliphatic carbocycles. The smallest absolute Gasteiger partial charge is 0.0276 e. The third-order valence-electron chi connectivity index (χ3n) is 7.79. The second-order valence-corrected chi connectivity index (χ2v) is 21.0. The molecule has 0 bridgehead atoms. The molecule has 43 heavy (non-hydrogen) atoms. The quantitative estimate of drug-likeness (QED) is 0.167. The van der Waals surface area contributed by atoms with E-state index in [-0.39, 0.29) is 30.2 Å². The topological polar surface area (TPSA) is 0 Å². The van der Waals surface area contributed by atoms with Crippen LogP contribution in [0.2, 0.25) is 13.1 Å². The Morgan fingerprint density at radius 1 is 0.628 bits per heavy atom. The second kappa shape index (κ2) is 16.7. The summed E-state index contributed by atoms with van der Waals surface area (Å²) in [5.74, 6) is 0.584. The minimum atomic E-state index is 0. The van der Waals surface area contributed by atoms with Crippen molar-refractivity contribution in [1.82, 2.24) is 0 Å². The molecule has 0 unspecified atom stereocenters. The maximum atomic E-state index is 2.34. The molecule has 0 atom stereocenters. The van der Waals surface area contributed by atoms with Crippen LogP contribution in [0.1, 0.15) is 47.6 Å². The Kier molecular flexibility index (Phi) is 14.4. The van der Waals surface area contributed by atoms with Gasteiger partial charge in [0, 0.05) is 0 Å². The van der Waals surface area contributed by atoms with Gasteiger partial charge in [-0.15, -0.1) is 62.5 Å². The first-order chi connectivity index (χ1) is 19.6. The zero-order valence-electron chi connectivity index (χ0n) is 26.6. The van der Waals surface area contributed by atoms with Crippen LogP contribution in [0, 0.1) is 27.7 Å². The molecule has 0 radical (unpaired) electrons. The number of rotatable bonds is 3. The molecule has 0 amide bonds. The molecule has 6 aromatic rings. The Balaban J connectivity index is 0.000000257. The van der Waals surface area contributed by atoms with E-state index >= 15 is 0 Å². The number of aryl methyl sites for hydroxylation is 2. The second-order valence-electron chi connectivity index (χ2n) is 11.6. The number of hydrogen-bond acceptors (Lipinski definition) is 0. The van der Waals surface area contributed by atoms with E-state index in [4.69, 9.17) is 0 Å². The number of fused-ring (bicyclic) bond motifs is 2. The van der Waals surface area contributed by atoms with Crippen LogP contribution in [0.4, 0.5) is 0 Å². The molecule has 6 rings (SSSR count). The third-order valence-corrected chi connectivity index (χ3v) is 7.79. The van der Waals surface area contributed by atoms with Gasteiger partial charge in [-0.2, -0.15) is 12.1 Å². The number of hydrogen-bond donors (Lipinski definition) is 0. The van der Waals surface area contributed by atoms with Crippen LogP contribution in [0.15, 0.2) is 103 Å². The summed E-state index contributed by atoms with van der Waals surface area (Å²) >= 11 is 1.74. The SMILES string of the molecule is CC(C)c1cc2c(-c3ccccc3)cccc2[cH-]1.C[Si](C)=[Zr+2].Cc1cc2c(-c3ccccc3)c(C)c(C)c(C)c2[cH-]1.[Cl-].[Cl-]. The third kappa shape index (κ3) is 8.92. The van der Waals surface area contributed by atoms with Crippen LogP contribution in [0.3, 0.4) is 0 Å². The van der Waals surface area contributed by atoms with E-state index in [0.717, 1.165) is 0 Å². The van der Waals surface area contributed by atoms with E-state index in [1.54, 1.807) is 23.3 Å². The molecular formula is C39H42Cl2SiZr-2. The van der Waals surface area contributed by atoms with Gasteiger partial charge >= 0.3 is 41.9 Å². The van der Waals surface area contributed by atoms with Gasteiger partial charge in [0.15, 0.2) is 0 Å². The van der Waals surface area contributed by atoms with Crippen LogP contribution < -0.4 is 24.8 Å². The van der Waals surface area contributed by atoms with Crippen molar-refractivity contribution in [3.05, 3.63) is 131 Å². The van der Waals surface area contributed by atoms with Crippen LogP contribution in [0.25, 0.3) is 43.8 Å². The average molecular weight is 701 g/mol. The van der Waals surface area contributed by atoms with Crippen molar-refractivity contribution in [1.29, 1.82) is 0 Å². The predicted molar refractivity (Wildman–Crippen MR) is 180 cm³/mol. The molecule has 0 aliphatic rings. The molecule has 0 saturated heterocycles. The molecule has 0 heterocycles. The number of halogens is 2. The molecule has 0 saturated carbocycles. The molecule has 0 spiro atoms. The fraction of sp³-hybridized carbons (Fsp3) is 0.231. The summed E-state index contributed by atoms with van der Waals surface area (Å²) in [6.07, 6.45) is 0. The van der Waals surface area contributed by atoms with E-state index in [1.807, 2.05) is 0 Å². The molecule has 0 nitrogen and oxygen atoms in total. The molecule has 0 N–H and O–H groups in total. The van der Waals surface area contributed by atoms with Gasteiger partial charge in [-0.1, -0.05) is 117 Å². The Hall–Kier alpha value is -2.22. The summed E-state index contributed by atoms with van der Waals surface area (Å²) in [6.45, 7) is 18.0. The summed E-state index contributed by atoms with van der Waals surface area (Å²) < 4.78 is 0. The minimum absolute atomic E-state index is 0. The van der Waals surface area contributed by atoms with Gasteiger partial charge in [0.1, 0.15) is 0 Å². The zero-order chi connectivity index (χ0) is 29.7. The largest absolute Gasteiger partial charge is 1.00 e. The standard InChI is InChI=1S/C19H19.C18H17.C2H6Si.2ClH.Zr/c1-12-10-17-14(3)13(2)15(4)19(18(17)11-12)16-8-6-5-7-9-16;1-13(2)16-11-15-9-6-10-17(18(15)12-16)14-7-4-3-5-8-14;1-3-2;;;/h5-11H,1-4H3;3-13H,1-2H3;1-2H3;2*1H;/q2*-1;;;;+2/p-2. The Morgan fingerprint density at radius 3 is 1.74 bits per heavy atom. The van der Waals surface area contributed by atoms with E-state index < -0.39 is 0 Å².